The van der Waals surface area contributed by atoms with E-state index < -0.39 is 0 Å². The van der Waals surface area contributed by atoms with Crippen LogP contribution in [0.1, 0.15) is 35.2 Å². The number of carbonyl (C=O) groups is 1. The highest BCUT2D eigenvalue weighted by atomic mass is 79.9. The molecule has 1 aliphatic rings. The summed E-state index contributed by atoms with van der Waals surface area (Å²) in [5, 5.41) is 9.03. The smallest absolute Gasteiger partial charge is 0.255 e. The van der Waals surface area contributed by atoms with Crippen LogP contribution in [0.25, 0.3) is 0 Å². The number of nitrogens with zero attached hydrogens (tertiary/aromatic N) is 1. The van der Waals surface area contributed by atoms with Crippen molar-refractivity contribution in [2.45, 2.75) is 26.2 Å². The quantitative estimate of drug-likeness (QED) is 0.928. The molecule has 1 N–H and O–H groups in total. The van der Waals surface area contributed by atoms with Gasteiger partial charge < -0.3 is 10.0 Å². The van der Waals surface area contributed by atoms with Crippen molar-refractivity contribution in [1.29, 1.82) is 0 Å². The van der Waals surface area contributed by atoms with Crippen LogP contribution in [0.15, 0.2) is 22.7 Å². The molecule has 0 aliphatic carbocycles. The summed E-state index contributed by atoms with van der Waals surface area (Å²) in [7, 11) is 0. The number of halogens is 1. The number of amides is 1. The van der Waals surface area contributed by atoms with Gasteiger partial charge in [0.1, 0.15) is 0 Å². The van der Waals surface area contributed by atoms with Gasteiger partial charge in [-0.3, -0.25) is 4.79 Å². The zero-order chi connectivity index (χ0) is 13.8. The topological polar surface area (TPSA) is 40.5 Å². The van der Waals surface area contributed by atoms with Crippen LogP contribution in [0.2, 0.25) is 0 Å². The van der Waals surface area contributed by atoms with Crippen molar-refractivity contribution in [2.24, 2.45) is 5.92 Å². The van der Waals surface area contributed by atoms with Crippen LogP contribution in [0.5, 0.6) is 0 Å². The Labute approximate surface area is 122 Å². The van der Waals surface area contributed by atoms with Crippen molar-refractivity contribution >= 4 is 21.8 Å². The highest BCUT2D eigenvalue weighted by Crippen LogP contribution is 2.24. The third-order valence-electron chi connectivity index (χ3n) is 3.70. The predicted octanol–water partition coefficient (Wildman–Crippen LogP) is 2.99. The lowest BCUT2D eigenvalue weighted by molar-refractivity contribution is 0.0652. The maximum atomic E-state index is 12.6. The maximum absolute atomic E-state index is 12.6. The second kappa shape index (κ2) is 6.53. The zero-order valence-corrected chi connectivity index (χ0v) is 12.8. The standard InChI is InChI=1S/C15H20BrNO2/c1-11-4-5-14(16)13(9-11)15(19)17-7-2-3-12(10-17)6-8-18/h4-5,9,12,18H,2-3,6-8,10H2,1H3. The third kappa shape index (κ3) is 3.57. The van der Waals surface area contributed by atoms with Gasteiger partial charge >= 0.3 is 0 Å². The number of aliphatic hydroxyl groups is 1. The van der Waals surface area contributed by atoms with E-state index in [0.29, 0.717) is 5.92 Å². The van der Waals surface area contributed by atoms with Crippen LogP contribution in [0.3, 0.4) is 0 Å². The van der Waals surface area contributed by atoms with Crippen LogP contribution in [-0.4, -0.2) is 35.6 Å². The molecular weight excluding hydrogens is 306 g/mol. The molecule has 4 heteroatoms. The fraction of sp³-hybridized carbons (Fsp3) is 0.533. The summed E-state index contributed by atoms with van der Waals surface area (Å²) in [5.74, 6) is 0.532. The molecule has 1 unspecified atom stereocenters. The average molecular weight is 326 g/mol. The average Bonchev–Trinajstić information content (AvgIpc) is 2.41. The minimum atomic E-state index is 0.0956. The Hall–Kier alpha value is -0.870. The van der Waals surface area contributed by atoms with Crippen LogP contribution in [0, 0.1) is 12.8 Å². The highest BCUT2D eigenvalue weighted by Gasteiger charge is 2.25. The Kier molecular flexibility index (Phi) is 4.99. The molecule has 1 heterocycles. The Morgan fingerprint density at radius 1 is 1.53 bits per heavy atom. The molecule has 1 aliphatic heterocycles. The van der Waals surface area contributed by atoms with E-state index in [1.165, 1.54) is 0 Å². The van der Waals surface area contributed by atoms with Crippen molar-refractivity contribution in [3.63, 3.8) is 0 Å². The third-order valence-corrected chi connectivity index (χ3v) is 4.39. The number of aryl methyl sites for hydroxylation is 1. The maximum Gasteiger partial charge on any atom is 0.255 e. The number of rotatable bonds is 3. The Morgan fingerprint density at radius 2 is 2.32 bits per heavy atom. The number of carbonyl (C=O) groups excluding carboxylic acids is 1. The summed E-state index contributed by atoms with van der Waals surface area (Å²) in [4.78, 5) is 14.5. The minimum absolute atomic E-state index is 0.0956. The first-order chi connectivity index (χ1) is 9.11. The molecule has 1 atom stereocenters. The molecule has 0 spiro atoms. The lowest BCUT2D eigenvalue weighted by Crippen LogP contribution is -2.40. The largest absolute Gasteiger partial charge is 0.396 e. The number of piperidine rings is 1. The second-order valence-corrected chi connectivity index (χ2v) is 6.11. The van der Waals surface area contributed by atoms with E-state index in [1.807, 2.05) is 30.0 Å². The molecule has 1 saturated heterocycles. The zero-order valence-electron chi connectivity index (χ0n) is 11.2. The van der Waals surface area contributed by atoms with Crippen LogP contribution in [0.4, 0.5) is 0 Å². The lowest BCUT2D eigenvalue weighted by atomic mass is 9.94. The predicted molar refractivity (Wildman–Crippen MR) is 79.2 cm³/mol. The summed E-state index contributed by atoms with van der Waals surface area (Å²) in [6.45, 7) is 3.79. The number of hydrogen-bond donors (Lipinski definition) is 1. The number of benzene rings is 1. The van der Waals surface area contributed by atoms with Crippen molar-refractivity contribution in [2.75, 3.05) is 19.7 Å². The van der Waals surface area contributed by atoms with Gasteiger partial charge in [-0.05, 0) is 60.2 Å². The molecule has 104 valence electrons. The van der Waals surface area contributed by atoms with Gasteiger partial charge in [0.2, 0.25) is 0 Å². The van der Waals surface area contributed by atoms with Gasteiger partial charge in [-0.1, -0.05) is 11.6 Å². The van der Waals surface area contributed by atoms with E-state index in [9.17, 15) is 4.79 Å². The SMILES string of the molecule is Cc1ccc(Br)c(C(=O)N2CCCC(CCO)C2)c1. The van der Waals surface area contributed by atoms with E-state index in [1.54, 1.807) is 0 Å². The van der Waals surface area contributed by atoms with Gasteiger partial charge in [0.25, 0.3) is 5.91 Å². The van der Waals surface area contributed by atoms with Crippen molar-refractivity contribution in [1.82, 2.24) is 4.90 Å². The molecule has 0 radical (unpaired) electrons. The molecule has 0 bridgehead atoms. The monoisotopic (exact) mass is 325 g/mol. The van der Waals surface area contributed by atoms with E-state index in [0.717, 1.165) is 48.0 Å². The minimum Gasteiger partial charge on any atom is -0.396 e. The van der Waals surface area contributed by atoms with Crippen LogP contribution in [-0.2, 0) is 0 Å². The molecular formula is C15H20BrNO2. The van der Waals surface area contributed by atoms with Gasteiger partial charge in [-0.2, -0.15) is 0 Å². The summed E-state index contributed by atoms with van der Waals surface area (Å²) in [6.07, 6.45) is 2.93. The summed E-state index contributed by atoms with van der Waals surface area (Å²) in [5.41, 5.74) is 1.83. The highest BCUT2D eigenvalue weighted by molar-refractivity contribution is 9.10. The summed E-state index contributed by atoms with van der Waals surface area (Å²) in [6, 6.07) is 5.85. The van der Waals surface area contributed by atoms with E-state index in [4.69, 9.17) is 5.11 Å². The Bertz CT molecular complexity index is 459. The van der Waals surface area contributed by atoms with Gasteiger partial charge in [-0.25, -0.2) is 0 Å². The molecule has 0 aromatic heterocycles. The number of likely N-dealkylation sites (tertiary alicyclic amines) is 1. The first-order valence-corrected chi connectivity index (χ1v) is 7.57. The van der Waals surface area contributed by atoms with Gasteiger partial charge in [0.05, 0.1) is 5.56 Å². The van der Waals surface area contributed by atoms with Crippen molar-refractivity contribution in [3.05, 3.63) is 33.8 Å². The van der Waals surface area contributed by atoms with E-state index in [-0.39, 0.29) is 12.5 Å². The van der Waals surface area contributed by atoms with Gasteiger partial charge in [0, 0.05) is 24.2 Å². The van der Waals surface area contributed by atoms with E-state index in [2.05, 4.69) is 15.9 Å². The fourth-order valence-electron chi connectivity index (χ4n) is 2.64. The molecule has 1 amide bonds. The molecule has 2 rings (SSSR count). The summed E-state index contributed by atoms with van der Waals surface area (Å²) >= 11 is 3.46. The number of hydrogen-bond acceptors (Lipinski definition) is 2. The van der Waals surface area contributed by atoms with Crippen molar-refractivity contribution < 1.29 is 9.90 Å². The molecule has 1 aromatic rings. The van der Waals surface area contributed by atoms with Crippen LogP contribution < -0.4 is 0 Å². The lowest BCUT2D eigenvalue weighted by Gasteiger charge is -2.32. The van der Waals surface area contributed by atoms with Crippen molar-refractivity contribution in [3.8, 4) is 0 Å². The molecule has 1 aromatic carbocycles. The first-order valence-electron chi connectivity index (χ1n) is 6.78. The van der Waals surface area contributed by atoms with Crippen LogP contribution >= 0.6 is 15.9 Å². The second-order valence-electron chi connectivity index (χ2n) is 5.26. The van der Waals surface area contributed by atoms with Gasteiger partial charge in [0.15, 0.2) is 0 Å². The Balaban J connectivity index is 2.12. The number of aliphatic hydroxyl groups excluding tert-OH is 1. The molecule has 0 saturated carbocycles. The molecule has 1 fully saturated rings. The summed E-state index contributed by atoms with van der Waals surface area (Å²) < 4.78 is 0.854. The molecule has 19 heavy (non-hydrogen) atoms. The Morgan fingerprint density at radius 3 is 3.05 bits per heavy atom. The molecule has 3 nitrogen and oxygen atoms in total. The normalized spacial score (nSPS) is 19.5. The first kappa shape index (κ1) is 14.5. The van der Waals surface area contributed by atoms with Gasteiger partial charge in [-0.15, -0.1) is 0 Å². The van der Waals surface area contributed by atoms with E-state index >= 15 is 0 Å². The fourth-order valence-corrected chi connectivity index (χ4v) is 3.06.